The molecule has 1 amide bonds. The molecule has 29 heavy (non-hydrogen) atoms. The van der Waals surface area contributed by atoms with Crippen molar-refractivity contribution >= 4 is 35.1 Å². The predicted molar refractivity (Wildman–Crippen MR) is 110 cm³/mol. The highest BCUT2D eigenvalue weighted by atomic mass is 35.5. The molecule has 1 aromatic heterocycles. The highest BCUT2D eigenvalue weighted by Gasteiger charge is 2.50. The summed E-state index contributed by atoms with van der Waals surface area (Å²) in [6.45, 7) is 0.285. The lowest BCUT2D eigenvalue weighted by molar-refractivity contribution is -0.140. The molecule has 1 N–H and O–H groups in total. The van der Waals surface area contributed by atoms with E-state index in [0.717, 1.165) is 5.56 Å². The van der Waals surface area contributed by atoms with Gasteiger partial charge in [-0.1, -0.05) is 41.9 Å². The number of aliphatic hydroxyl groups is 1. The molecule has 146 valence electrons. The van der Waals surface area contributed by atoms with E-state index in [1.807, 2.05) is 30.3 Å². The monoisotopic (exact) mass is 407 g/mol. The van der Waals surface area contributed by atoms with Gasteiger partial charge in [0.2, 0.25) is 0 Å². The molecule has 6 heteroatoms. The van der Waals surface area contributed by atoms with Crippen LogP contribution in [0.1, 0.15) is 23.3 Å². The standard InChI is InChI=1S/C23H18ClNO4/c24-17-8-11-21-20(13-17)23(28,14-18(26)9-10-19-7-4-12-29-19)22(27)25(21)15-16-5-2-1-3-6-16/h1-13,28H,14-15H2/b10-9-/t23-/m0/s1. The van der Waals surface area contributed by atoms with Crippen molar-refractivity contribution in [1.82, 2.24) is 0 Å². The Balaban J connectivity index is 1.64. The van der Waals surface area contributed by atoms with E-state index in [1.54, 1.807) is 30.3 Å². The van der Waals surface area contributed by atoms with Crippen LogP contribution < -0.4 is 4.90 Å². The van der Waals surface area contributed by atoms with E-state index >= 15 is 0 Å². The van der Waals surface area contributed by atoms with Gasteiger partial charge in [0.25, 0.3) is 5.91 Å². The van der Waals surface area contributed by atoms with Gasteiger partial charge >= 0.3 is 0 Å². The highest BCUT2D eigenvalue weighted by Crippen LogP contribution is 2.44. The van der Waals surface area contributed by atoms with Crippen molar-refractivity contribution in [2.75, 3.05) is 4.90 Å². The largest absolute Gasteiger partial charge is 0.465 e. The van der Waals surface area contributed by atoms with Crippen LogP contribution in [-0.2, 0) is 21.7 Å². The number of carbonyl (C=O) groups excluding carboxylic acids is 2. The number of nitrogens with zero attached hydrogens (tertiary/aromatic N) is 1. The first-order valence-corrected chi connectivity index (χ1v) is 9.48. The van der Waals surface area contributed by atoms with Crippen LogP contribution in [0.25, 0.3) is 6.08 Å². The fourth-order valence-corrected chi connectivity index (χ4v) is 3.66. The Bertz CT molecular complexity index is 1080. The Hall–Kier alpha value is -3.15. The van der Waals surface area contributed by atoms with Crippen molar-refractivity contribution < 1.29 is 19.1 Å². The molecule has 1 aliphatic rings. The normalized spacial score (nSPS) is 18.4. The molecule has 0 aliphatic carbocycles. The number of benzene rings is 2. The van der Waals surface area contributed by atoms with E-state index in [1.165, 1.54) is 23.3 Å². The second-order valence-corrected chi connectivity index (χ2v) is 7.33. The van der Waals surface area contributed by atoms with Gasteiger partial charge in [0.1, 0.15) is 5.76 Å². The zero-order valence-corrected chi connectivity index (χ0v) is 16.2. The number of carbonyl (C=O) groups is 2. The quantitative estimate of drug-likeness (QED) is 0.617. The number of rotatable bonds is 6. The van der Waals surface area contributed by atoms with E-state index in [4.69, 9.17) is 16.0 Å². The van der Waals surface area contributed by atoms with Crippen molar-refractivity contribution in [3.8, 4) is 0 Å². The summed E-state index contributed by atoms with van der Waals surface area (Å²) in [7, 11) is 0. The molecule has 0 spiro atoms. The Morgan fingerprint density at radius 2 is 1.93 bits per heavy atom. The topological polar surface area (TPSA) is 70.7 Å². The Morgan fingerprint density at radius 3 is 2.66 bits per heavy atom. The molecule has 0 bridgehead atoms. The van der Waals surface area contributed by atoms with Crippen molar-refractivity contribution in [2.24, 2.45) is 0 Å². The van der Waals surface area contributed by atoms with Gasteiger partial charge in [-0.3, -0.25) is 9.59 Å². The van der Waals surface area contributed by atoms with Crippen LogP contribution in [0.15, 0.2) is 77.4 Å². The average molecular weight is 408 g/mol. The minimum Gasteiger partial charge on any atom is -0.465 e. The zero-order chi connectivity index (χ0) is 20.4. The summed E-state index contributed by atoms with van der Waals surface area (Å²) >= 11 is 6.12. The fourth-order valence-electron chi connectivity index (χ4n) is 3.49. The number of amides is 1. The molecule has 2 aromatic carbocycles. The molecular weight excluding hydrogens is 390 g/mol. The second kappa shape index (κ2) is 7.70. The number of ketones is 1. The Morgan fingerprint density at radius 1 is 1.14 bits per heavy atom. The van der Waals surface area contributed by atoms with Gasteiger partial charge in [0, 0.05) is 10.6 Å². The van der Waals surface area contributed by atoms with Gasteiger partial charge in [-0.25, -0.2) is 0 Å². The molecule has 1 aliphatic heterocycles. The molecule has 4 rings (SSSR count). The number of furan rings is 1. The van der Waals surface area contributed by atoms with Crippen molar-refractivity contribution in [3.63, 3.8) is 0 Å². The summed E-state index contributed by atoms with van der Waals surface area (Å²) in [6, 6.07) is 17.8. The van der Waals surface area contributed by atoms with Crippen molar-refractivity contribution in [2.45, 2.75) is 18.6 Å². The zero-order valence-electron chi connectivity index (χ0n) is 15.4. The van der Waals surface area contributed by atoms with Crippen LogP contribution in [-0.4, -0.2) is 16.8 Å². The van der Waals surface area contributed by atoms with Crippen molar-refractivity contribution in [3.05, 3.63) is 94.9 Å². The maximum absolute atomic E-state index is 13.2. The number of allylic oxidation sites excluding steroid dienone is 1. The van der Waals surface area contributed by atoms with Crippen LogP contribution in [0.3, 0.4) is 0 Å². The number of halogens is 1. The summed E-state index contributed by atoms with van der Waals surface area (Å²) in [5, 5.41) is 11.7. The first-order chi connectivity index (χ1) is 14.0. The average Bonchev–Trinajstić information content (AvgIpc) is 3.30. The van der Waals surface area contributed by atoms with Gasteiger partial charge in [0.15, 0.2) is 11.4 Å². The SMILES string of the molecule is O=C(/C=C\c1ccco1)C[C@@]1(O)C(=O)N(Cc2ccccc2)c2ccc(Cl)cc21. The number of anilines is 1. The van der Waals surface area contributed by atoms with E-state index in [2.05, 4.69) is 0 Å². The van der Waals surface area contributed by atoms with Gasteiger partial charge < -0.3 is 14.4 Å². The van der Waals surface area contributed by atoms with Crippen LogP contribution in [0, 0.1) is 0 Å². The lowest BCUT2D eigenvalue weighted by atomic mass is 9.90. The van der Waals surface area contributed by atoms with Crippen molar-refractivity contribution in [1.29, 1.82) is 0 Å². The maximum atomic E-state index is 13.2. The smallest absolute Gasteiger partial charge is 0.264 e. The molecule has 0 radical (unpaired) electrons. The van der Waals surface area contributed by atoms with Crippen LogP contribution in [0.4, 0.5) is 5.69 Å². The van der Waals surface area contributed by atoms with Crippen LogP contribution in [0.5, 0.6) is 0 Å². The Labute approximate surface area is 172 Å². The molecule has 5 nitrogen and oxygen atoms in total. The first kappa shape index (κ1) is 19.2. The third kappa shape index (κ3) is 3.75. The molecule has 0 fully saturated rings. The van der Waals surface area contributed by atoms with Gasteiger partial charge in [-0.05, 0) is 48.0 Å². The number of hydrogen-bond donors (Lipinski definition) is 1. The lowest BCUT2D eigenvalue weighted by Gasteiger charge is -2.22. The van der Waals surface area contributed by atoms with E-state index in [-0.39, 0.29) is 13.0 Å². The second-order valence-electron chi connectivity index (χ2n) is 6.89. The van der Waals surface area contributed by atoms with Gasteiger partial charge in [-0.15, -0.1) is 0 Å². The highest BCUT2D eigenvalue weighted by molar-refractivity contribution is 6.31. The summed E-state index contributed by atoms with van der Waals surface area (Å²) in [5.41, 5.74) is -0.172. The molecule has 0 unspecified atom stereocenters. The first-order valence-electron chi connectivity index (χ1n) is 9.10. The summed E-state index contributed by atoms with van der Waals surface area (Å²) in [6.07, 6.45) is 3.92. The van der Waals surface area contributed by atoms with E-state index in [9.17, 15) is 14.7 Å². The predicted octanol–water partition coefficient (Wildman–Crippen LogP) is 4.34. The summed E-state index contributed by atoms with van der Waals surface area (Å²) in [5.74, 6) is -0.430. The van der Waals surface area contributed by atoms with Crippen LogP contribution in [0.2, 0.25) is 5.02 Å². The molecular formula is C23H18ClNO4. The maximum Gasteiger partial charge on any atom is 0.264 e. The van der Waals surface area contributed by atoms with Gasteiger partial charge in [-0.2, -0.15) is 0 Å². The lowest BCUT2D eigenvalue weighted by Crippen LogP contribution is -2.41. The molecule has 1 atom stereocenters. The summed E-state index contributed by atoms with van der Waals surface area (Å²) < 4.78 is 5.16. The third-order valence-corrected chi connectivity index (χ3v) is 5.12. The van der Waals surface area contributed by atoms with Crippen LogP contribution >= 0.6 is 11.6 Å². The number of hydrogen-bond acceptors (Lipinski definition) is 4. The van der Waals surface area contributed by atoms with Gasteiger partial charge in [0.05, 0.1) is 24.9 Å². The summed E-state index contributed by atoms with van der Waals surface area (Å²) in [4.78, 5) is 27.2. The molecule has 2 heterocycles. The minimum atomic E-state index is -1.97. The molecule has 0 saturated heterocycles. The number of fused-ring (bicyclic) bond motifs is 1. The van der Waals surface area contributed by atoms with E-state index < -0.39 is 17.3 Å². The molecule has 3 aromatic rings. The van der Waals surface area contributed by atoms with E-state index in [0.29, 0.717) is 22.0 Å². The Kier molecular flexibility index (Phi) is 5.09. The minimum absolute atomic E-state index is 0.285. The third-order valence-electron chi connectivity index (χ3n) is 4.88. The molecule has 0 saturated carbocycles. The fraction of sp³-hybridized carbons (Fsp3) is 0.130.